The van der Waals surface area contributed by atoms with Crippen LogP contribution in [0.1, 0.15) is 318 Å². The van der Waals surface area contributed by atoms with Crippen molar-refractivity contribution in [3.8, 4) is 0 Å². The zero-order chi connectivity index (χ0) is 75.9. The van der Waals surface area contributed by atoms with Crippen LogP contribution in [0.15, 0.2) is 0 Å². The summed E-state index contributed by atoms with van der Waals surface area (Å²) >= 11 is 0. The van der Waals surface area contributed by atoms with Gasteiger partial charge in [0.2, 0.25) is 0 Å². The Morgan fingerprint density at radius 1 is 0.343 bits per heavy atom. The third-order valence-electron chi connectivity index (χ3n) is 25.3. The smallest absolute Gasteiger partial charge is 0.310 e. The van der Waals surface area contributed by atoms with E-state index in [9.17, 15) is 19.2 Å². The van der Waals surface area contributed by atoms with Gasteiger partial charge < -0.3 is 69.9 Å². The SMILES string of the molecule is C.C.CC1(C)CC(C(CC(C)(C)C2OCC3(CO2)COC(C(C)(C)CC(C2CC(C)(C)NC(C)(C)C2)(C2CC(C)(C)NC(C)(C)C2)C2CC(C)(C)NC(C)(C)C2)OC3)(C2CC(C)(C)NC(C)(C)C2)C2CC(C)(C)NC(C)(C)C2)CC(C)(C)N1.COC(=O)CC(C(=O)OC)C(CC(C)=O)C(=O)OC. The van der Waals surface area contributed by atoms with E-state index in [2.05, 4.69) is 240 Å². The van der Waals surface area contributed by atoms with Crippen LogP contribution in [0, 0.1) is 74.4 Å². The summed E-state index contributed by atoms with van der Waals surface area (Å²) < 4.78 is 42.8. The Labute approximate surface area is 624 Å². The number of methoxy groups -OCH3 is 3. The summed E-state index contributed by atoms with van der Waals surface area (Å²) in [4.78, 5) is 45.7. The fraction of sp³-hybridized carbons (Fsp3) is 0.953. The predicted molar refractivity (Wildman–Crippen MR) is 416 cm³/mol. The molecule has 0 bridgehead atoms. The zero-order valence-electron chi connectivity index (χ0n) is 69.9. The molecule has 17 nitrogen and oxygen atoms in total. The van der Waals surface area contributed by atoms with Crippen LogP contribution < -0.4 is 31.9 Å². The van der Waals surface area contributed by atoms with Crippen LogP contribution in [0.3, 0.4) is 0 Å². The van der Waals surface area contributed by atoms with Crippen molar-refractivity contribution in [3.63, 3.8) is 0 Å². The number of hydrogen-bond acceptors (Lipinski definition) is 17. The van der Waals surface area contributed by atoms with E-state index in [4.69, 9.17) is 18.9 Å². The second kappa shape index (κ2) is 30.9. The van der Waals surface area contributed by atoms with Gasteiger partial charge in [-0.1, -0.05) is 42.5 Å². The second-order valence-corrected chi connectivity index (χ2v) is 43.9. The Balaban J connectivity index is 0.000000779. The number of piperidine rings is 6. The van der Waals surface area contributed by atoms with E-state index in [0.717, 1.165) is 34.2 Å². The van der Waals surface area contributed by atoms with Gasteiger partial charge in [0.15, 0.2) is 12.6 Å². The lowest BCUT2D eigenvalue weighted by atomic mass is 9.44. The molecule has 0 aromatic heterocycles. The third-order valence-corrected chi connectivity index (χ3v) is 25.3. The lowest BCUT2D eigenvalue weighted by Gasteiger charge is -2.66. The summed E-state index contributed by atoms with van der Waals surface area (Å²) in [6, 6.07) is 0. The summed E-state index contributed by atoms with van der Waals surface area (Å²) in [7, 11) is 3.44. The average molecular weight is 1440 g/mol. The van der Waals surface area contributed by atoms with Gasteiger partial charge in [-0.2, -0.15) is 0 Å². The van der Waals surface area contributed by atoms with E-state index in [1.807, 2.05) is 0 Å². The van der Waals surface area contributed by atoms with E-state index in [1.54, 1.807) is 0 Å². The maximum absolute atomic E-state index is 11.7. The minimum Gasteiger partial charge on any atom is -0.469 e. The molecule has 0 radical (unpaired) electrons. The Hall–Kier alpha value is -2.32. The molecule has 1 spiro atoms. The molecule has 8 rings (SSSR count). The highest BCUT2D eigenvalue weighted by atomic mass is 16.7. The highest BCUT2D eigenvalue weighted by Crippen LogP contribution is 2.67. The van der Waals surface area contributed by atoms with Crippen LogP contribution >= 0.6 is 0 Å². The molecule has 6 N–H and O–H groups in total. The van der Waals surface area contributed by atoms with Crippen molar-refractivity contribution in [3.05, 3.63) is 0 Å². The van der Waals surface area contributed by atoms with E-state index in [1.165, 1.54) is 84.0 Å². The molecule has 2 atom stereocenters. The van der Waals surface area contributed by atoms with Crippen molar-refractivity contribution in [2.24, 2.45) is 74.4 Å². The van der Waals surface area contributed by atoms with Gasteiger partial charge in [-0.3, -0.25) is 14.4 Å². The van der Waals surface area contributed by atoms with Crippen LogP contribution in [0.25, 0.3) is 0 Å². The molecule has 8 aliphatic rings. The van der Waals surface area contributed by atoms with Gasteiger partial charge >= 0.3 is 17.9 Å². The number of Topliss-reactive ketones (excluding diaryl/α,β-unsaturated/α-hetero) is 1. The van der Waals surface area contributed by atoms with Gasteiger partial charge in [0.1, 0.15) is 5.78 Å². The number of esters is 3. The molecule has 0 aromatic carbocycles. The number of ketones is 1. The first kappa shape index (κ1) is 90.3. The van der Waals surface area contributed by atoms with E-state index in [0.29, 0.717) is 61.9 Å². The first-order valence-corrected chi connectivity index (χ1v) is 39.0. The topological polar surface area (TPSA) is 205 Å². The fourth-order valence-corrected chi connectivity index (χ4v) is 24.7. The lowest BCUT2D eigenvalue weighted by Crippen LogP contribution is -2.68. The molecular weight excluding hydrogens is 1280 g/mol. The minimum atomic E-state index is -1.10. The molecule has 102 heavy (non-hydrogen) atoms. The number of rotatable bonds is 19. The highest BCUT2D eigenvalue weighted by molar-refractivity contribution is 5.89. The summed E-state index contributed by atoms with van der Waals surface area (Å²) in [5, 5.41) is 24.9. The Morgan fingerprint density at radius 3 is 0.696 bits per heavy atom. The van der Waals surface area contributed by atoms with Gasteiger partial charge in [0, 0.05) is 83.7 Å². The average Bonchev–Trinajstić information content (AvgIpc) is 0.717. The Bertz CT molecular complexity index is 2410. The molecule has 17 heteroatoms. The number of hydrogen-bond donors (Lipinski definition) is 6. The van der Waals surface area contributed by atoms with Crippen LogP contribution in [0.5, 0.6) is 0 Å². The third kappa shape index (κ3) is 22.0. The molecule has 8 aliphatic heterocycles. The quantitative estimate of drug-likeness (QED) is 0.0525. The van der Waals surface area contributed by atoms with Gasteiger partial charge in [0.25, 0.3) is 0 Å². The zero-order valence-corrected chi connectivity index (χ0v) is 69.9. The predicted octanol–water partition coefficient (Wildman–Crippen LogP) is 16.2. The molecule has 2 unspecified atom stereocenters. The largest absolute Gasteiger partial charge is 0.469 e. The van der Waals surface area contributed by atoms with Gasteiger partial charge in [-0.25, -0.2) is 0 Å². The maximum atomic E-state index is 11.7. The highest BCUT2D eigenvalue weighted by Gasteiger charge is 2.65. The van der Waals surface area contributed by atoms with Crippen molar-refractivity contribution < 1.29 is 52.3 Å². The number of carbonyl (C=O) groups excluding carboxylic acids is 4. The fourth-order valence-electron chi connectivity index (χ4n) is 24.7. The second-order valence-electron chi connectivity index (χ2n) is 43.9. The summed E-state index contributed by atoms with van der Waals surface area (Å²) in [6.07, 6.45) is 14.9. The maximum Gasteiger partial charge on any atom is 0.310 e. The molecule has 8 saturated heterocycles. The molecule has 0 amide bonds. The Kier molecular flexibility index (Phi) is 27.3. The van der Waals surface area contributed by atoms with Crippen molar-refractivity contribution in [2.75, 3.05) is 47.8 Å². The molecule has 8 heterocycles. The molecular formula is C85H160N6O11. The normalized spacial score (nSPS) is 30.0. The molecule has 0 aromatic rings. The number of ether oxygens (including phenoxy) is 7. The van der Waals surface area contributed by atoms with E-state index in [-0.39, 0.29) is 140 Å². The van der Waals surface area contributed by atoms with Gasteiger partial charge in [-0.05, 0) is 309 Å². The standard InChI is InChI=1S/C71H134N6O4.C12H18O7.2CH4/c1-55(2,41-70(47-29-57(5,6)72-58(7,8)30-47,48-31-59(9,10)73-60(11,12)32-48)49-33-61(13,14)74-62(15,16)34-49)53-78-43-69(44-79-53)45-80-54(81-46-69)56(3,4)42-71(50-35-63(17,18)75-64(19,20)36-50,51-37-65(21,22)76-66(23,24)38-51)52-39-67(25,26)77-68(27,28)40-52;1-7(13)5-8(11(15)18-3)9(12(16)19-4)6-10(14)17-2;;/h47-54,72-77H,29-46H2,1-28H3;8-9H,5-6H2,1-4H3;2*1H4. The Morgan fingerprint density at radius 2 is 0.529 bits per heavy atom. The molecule has 8 fully saturated rings. The van der Waals surface area contributed by atoms with E-state index < -0.39 is 29.7 Å². The number of nitrogens with one attached hydrogen (secondary N) is 6. The molecule has 0 aliphatic carbocycles. The van der Waals surface area contributed by atoms with Crippen LogP contribution in [-0.2, 0) is 52.3 Å². The lowest BCUT2D eigenvalue weighted by molar-refractivity contribution is -0.340. The molecule has 0 saturated carbocycles. The number of carbonyl (C=O) groups is 4. The molecule has 596 valence electrons. The van der Waals surface area contributed by atoms with Crippen molar-refractivity contribution >= 4 is 23.7 Å². The first-order valence-electron chi connectivity index (χ1n) is 39.0. The monoisotopic (exact) mass is 1440 g/mol. The van der Waals surface area contributed by atoms with Crippen molar-refractivity contribution in [1.82, 2.24) is 31.9 Å². The summed E-state index contributed by atoms with van der Waals surface area (Å²) in [6.45, 7) is 73.2. The van der Waals surface area contributed by atoms with Crippen LogP contribution in [0.2, 0.25) is 0 Å². The van der Waals surface area contributed by atoms with E-state index >= 15 is 0 Å². The first-order chi connectivity index (χ1) is 45.0. The minimum absolute atomic E-state index is 0. The van der Waals surface area contributed by atoms with Gasteiger partial charge in [0.05, 0.1) is 71.4 Å². The van der Waals surface area contributed by atoms with Gasteiger partial charge in [-0.15, -0.1) is 0 Å². The van der Waals surface area contributed by atoms with Crippen LogP contribution in [-0.4, -0.2) is 150 Å². The summed E-state index contributed by atoms with van der Waals surface area (Å²) in [5.74, 6) is -1.50. The van der Waals surface area contributed by atoms with Crippen LogP contribution in [0.4, 0.5) is 0 Å². The van der Waals surface area contributed by atoms with Crippen molar-refractivity contribution in [2.45, 2.75) is 397 Å². The summed E-state index contributed by atoms with van der Waals surface area (Å²) in [5.41, 5.74) is -0.672. The van der Waals surface area contributed by atoms with Crippen molar-refractivity contribution in [1.29, 1.82) is 0 Å².